The number of hydrogen-bond donors (Lipinski definition) is 2. The number of methoxy groups -OCH3 is 1. The monoisotopic (exact) mass is 480 g/mol. The van der Waals surface area contributed by atoms with Gasteiger partial charge in [0.05, 0.1) is 23.7 Å². The fraction of sp³-hybridized carbons (Fsp3) is 0.296. The number of benzene rings is 3. The van der Waals surface area contributed by atoms with Crippen LogP contribution >= 0.6 is 0 Å². The largest absolute Gasteiger partial charge is 0.497 e. The van der Waals surface area contributed by atoms with Crippen LogP contribution in [0.25, 0.3) is 0 Å². The summed E-state index contributed by atoms with van der Waals surface area (Å²) in [6, 6.07) is 19.1. The van der Waals surface area contributed by atoms with E-state index in [2.05, 4.69) is 23.9 Å². The molecule has 0 aliphatic rings. The summed E-state index contributed by atoms with van der Waals surface area (Å²) in [7, 11) is -2.10. The standard InChI is InChI=1S/C27H32N2O4S/c1-18(2)16-26(21-8-11-23(33-5)12-9-21)28-27(30)22-10-15-25(20(4)17-22)29-34(31,32)24-13-6-19(3)7-14-24/h6-15,17-18,26,29H,16H2,1-5H3,(H,28,30)/t26-/m1/s1. The van der Waals surface area contributed by atoms with E-state index in [1.807, 2.05) is 31.2 Å². The molecule has 0 bridgehead atoms. The van der Waals surface area contributed by atoms with Gasteiger partial charge in [0.2, 0.25) is 0 Å². The zero-order valence-corrected chi connectivity index (χ0v) is 21.1. The molecular formula is C27H32N2O4S. The zero-order valence-electron chi connectivity index (χ0n) is 20.3. The Balaban J connectivity index is 1.77. The molecule has 1 atom stereocenters. The van der Waals surface area contributed by atoms with Gasteiger partial charge in [0, 0.05) is 5.56 Å². The summed E-state index contributed by atoms with van der Waals surface area (Å²) < 4.78 is 33.3. The van der Waals surface area contributed by atoms with Gasteiger partial charge in [-0.1, -0.05) is 43.7 Å². The van der Waals surface area contributed by atoms with Crippen molar-refractivity contribution in [3.63, 3.8) is 0 Å². The van der Waals surface area contributed by atoms with Gasteiger partial charge in [-0.25, -0.2) is 8.42 Å². The first kappa shape index (κ1) is 25.3. The molecule has 0 saturated carbocycles. The van der Waals surface area contributed by atoms with E-state index in [-0.39, 0.29) is 16.8 Å². The third-order valence-electron chi connectivity index (χ3n) is 5.59. The molecule has 0 spiro atoms. The number of anilines is 1. The van der Waals surface area contributed by atoms with Crippen LogP contribution in [0.3, 0.4) is 0 Å². The van der Waals surface area contributed by atoms with Gasteiger partial charge in [-0.05, 0) is 79.8 Å². The van der Waals surface area contributed by atoms with Gasteiger partial charge >= 0.3 is 0 Å². The van der Waals surface area contributed by atoms with Crippen LogP contribution in [0, 0.1) is 19.8 Å². The molecule has 34 heavy (non-hydrogen) atoms. The van der Waals surface area contributed by atoms with Gasteiger partial charge in [0.1, 0.15) is 5.75 Å². The normalized spacial score (nSPS) is 12.3. The molecule has 6 nitrogen and oxygen atoms in total. The third kappa shape index (κ3) is 6.38. The molecule has 0 fully saturated rings. The number of aryl methyl sites for hydroxylation is 2. The van der Waals surface area contributed by atoms with E-state index in [0.717, 1.165) is 23.3 Å². The minimum atomic E-state index is -3.72. The van der Waals surface area contributed by atoms with Gasteiger partial charge in [-0.3, -0.25) is 9.52 Å². The average molecular weight is 481 g/mol. The van der Waals surface area contributed by atoms with Gasteiger partial charge in [-0.2, -0.15) is 0 Å². The maximum Gasteiger partial charge on any atom is 0.261 e. The maximum absolute atomic E-state index is 13.1. The molecule has 1 amide bonds. The molecule has 0 saturated heterocycles. The number of sulfonamides is 1. The molecule has 7 heteroatoms. The first-order valence-electron chi connectivity index (χ1n) is 11.2. The minimum Gasteiger partial charge on any atom is -0.497 e. The van der Waals surface area contributed by atoms with E-state index in [1.165, 1.54) is 0 Å². The highest BCUT2D eigenvalue weighted by Gasteiger charge is 2.19. The lowest BCUT2D eigenvalue weighted by atomic mass is 9.96. The number of rotatable bonds is 9. The Morgan fingerprint density at radius 3 is 2.15 bits per heavy atom. The van der Waals surface area contributed by atoms with Crippen molar-refractivity contribution in [2.45, 2.75) is 45.1 Å². The Morgan fingerprint density at radius 2 is 1.59 bits per heavy atom. The molecule has 0 unspecified atom stereocenters. The molecule has 2 N–H and O–H groups in total. The van der Waals surface area contributed by atoms with Crippen molar-refractivity contribution in [1.29, 1.82) is 0 Å². The first-order chi connectivity index (χ1) is 16.1. The van der Waals surface area contributed by atoms with E-state index in [1.54, 1.807) is 56.5 Å². The molecule has 3 rings (SSSR count). The van der Waals surface area contributed by atoms with Crippen molar-refractivity contribution in [2.24, 2.45) is 5.92 Å². The summed E-state index contributed by atoms with van der Waals surface area (Å²) >= 11 is 0. The van der Waals surface area contributed by atoms with E-state index < -0.39 is 10.0 Å². The lowest BCUT2D eigenvalue weighted by molar-refractivity contribution is 0.0932. The van der Waals surface area contributed by atoms with E-state index in [0.29, 0.717) is 22.7 Å². The van der Waals surface area contributed by atoms with E-state index in [9.17, 15) is 13.2 Å². The van der Waals surface area contributed by atoms with Crippen molar-refractivity contribution < 1.29 is 17.9 Å². The summed E-state index contributed by atoms with van der Waals surface area (Å²) in [6.07, 6.45) is 0.783. The third-order valence-corrected chi connectivity index (χ3v) is 6.98. The predicted molar refractivity (Wildman–Crippen MR) is 136 cm³/mol. The second-order valence-electron chi connectivity index (χ2n) is 8.88. The summed E-state index contributed by atoms with van der Waals surface area (Å²) in [5, 5.41) is 3.13. The number of carbonyl (C=O) groups excluding carboxylic acids is 1. The molecule has 0 aliphatic heterocycles. The van der Waals surface area contributed by atoms with Crippen molar-refractivity contribution in [2.75, 3.05) is 11.8 Å². The topological polar surface area (TPSA) is 84.5 Å². The van der Waals surface area contributed by atoms with Crippen LogP contribution in [0.1, 0.15) is 53.4 Å². The van der Waals surface area contributed by atoms with Crippen molar-refractivity contribution in [1.82, 2.24) is 5.32 Å². The summed E-state index contributed by atoms with van der Waals surface area (Å²) in [5.41, 5.74) is 3.55. The first-order valence-corrected chi connectivity index (χ1v) is 12.7. The van der Waals surface area contributed by atoms with Crippen molar-refractivity contribution >= 4 is 21.6 Å². The second kappa shape index (κ2) is 10.7. The Morgan fingerprint density at radius 1 is 0.941 bits per heavy atom. The van der Waals surface area contributed by atoms with Crippen LogP contribution in [0.5, 0.6) is 5.75 Å². The van der Waals surface area contributed by atoms with Crippen molar-refractivity contribution in [3.05, 3.63) is 89.0 Å². The molecule has 0 aliphatic carbocycles. The number of hydrogen-bond acceptors (Lipinski definition) is 4. The molecule has 3 aromatic carbocycles. The van der Waals surface area contributed by atoms with Crippen LogP contribution in [0.2, 0.25) is 0 Å². The Hall–Kier alpha value is -3.32. The molecule has 0 heterocycles. The molecule has 0 aromatic heterocycles. The van der Waals surface area contributed by atoms with Crippen LogP contribution in [-0.4, -0.2) is 21.4 Å². The highest BCUT2D eigenvalue weighted by Crippen LogP contribution is 2.25. The van der Waals surface area contributed by atoms with Crippen LogP contribution < -0.4 is 14.8 Å². The quantitative estimate of drug-likeness (QED) is 0.416. The van der Waals surface area contributed by atoms with Crippen LogP contribution in [0.15, 0.2) is 71.6 Å². The number of nitrogens with one attached hydrogen (secondary N) is 2. The smallest absolute Gasteiger partial charge is 0.261 e. The lowest BCUT2D eigenvalue weighted by Gasteiger charge is -2.22. The minimum absolute atomic E-state index is 0.154. The average Bonchev–Trinajstić information content (AvgIpc) is 2.80. The Kier molecular flexibility index (Phi) is 7.99. The molecule has 0 radical (unpaired) electrons. The Bertz CT molecular complexity index is 1230. The summed E-state index contributed by atoms with van der Waals surface area (Å²) in [4.78, 5) is 13.3. The number of amides is 1. The van der Waals surface area contributed by atoms with E-state index >= 15 is 0 Å². The van der Waals surface area contributed by atoms with Gasteiger partial charge in [0.15, 0.2) is 0 Å². The number of carbonyl (C=O) groups is 1. The van der Waals surface area contributed by atoms with Crippen molar-refractivity contribution in [3.8, 4) is 5.75 Å². The zero-order chi connectivity index (χ0) is 24.9. The molecule has 180 valence electrons. The fourth-order valence-electron chi connectivity index (χ4n) is 3.67. The maximum atomic E-state index is 13.1. The fourth-order valence-corrected chi connectivity index (χ4v) is 4.80. The molecular weight excluding hydrogens is 448 g/mol. The summed E-state index contributed by atoms with van der Waals surface area (Å²) in [5.74, 6) is 0.933. The van der Waals surface area contributed by atoms with Crippen LogP contribution in [-0.2, 0) is 10.0 Å². The SMILES string of the molecule is COc1ccc([C@@H](CC(C)C)NC(=O)c2ccc(NS(=O)(=O)c3ccc(C)cc3)c(C)c2)cc1. The highest BCUT2D eigenvalue weighted by molar-refractivity contribution is 7.92. The number of ether oxygens (including phenoxy) is 1. The second-order valence-corrected chi connectivity index (χ2v) is 10.6. The van der Waals surface area contributed by atoms with Gasteiger partial charge in [0.25, 0.3) is 15.9 Å². The van der Waals surface area contributed by atoms with Gasteiger partial charge < -0.3 is 10.1 Å². The molecule has 3 aromatic rings. The van der Waals surface area contributed by atoms with Gasteiger partial charge in [-0.15, -0.1) is 0 Å². The Labute approximate surface area is 202 Å². The summed E-state index contributed by atoms with van der Waals surface area (Å²) in [6.45, 7) is 7.90. The lowest BCUT2D eigenvalue weighted by Crippen LogP contribution is -2.29. The van der Waals surface area contributed by atoms with Crippen LogP contribution in [0.4, 0.5) is 5.69 Å². The predicted octanol–water partition coefficient (Wildman–Crippen LogP) is 5.63. The van der Waals surface area contributed by atoms with E-state index in [4.69, 9.17) is 4.74 Å². The highest BCUT2D eigenvalue weighted by atomic mass is 32.2.